The van der Waals surface area contributed by atoms with Gasteiger partial charge in [-0.1, -0.05) is 163 Å². The third-order valence-electron chi connectivity index (χ3n) is 33.9. The van der Waals surface area contributed by atoms with Crippen LogP contribution in [0.4, 0.5) is 0 Å². The fourth-order valence-electron chi connectivity index (χ4n) is 27.2. The van der Waals surface area contributed by atoms with Gasteiger partial charge in [-0.05, 0) is 304 Å². The Morgan fingerprint density at radius 2 is 0.914 bits per heavy atom. The minimum Gasteiger partial charge on any atom is -0.481 e. The van der Waals surface area contributed by atoms with Crippen molar-refractivity contribution in [3.8, 4) is 0 Å². The van der Waals surface area contributed by atoms with Crippen molar-refractivity contribution < 1.29 is 63.5 Å². The van der Waals surface area contributed by atoms with Crippen LogP contribution in [0.15, 0.2) is 70.8 Å². The Morgan fingerprint density at radius 3 is 1.28 bits per heavy atom. The van der Waals surface area contributed by atoms with Gasteiger partial charge < -0.3 is 44.5 Å². The summed E-state index contributed by atoms with van der Waals surface area (Å²) in [4.78, 5) is 94.1. The fraction of sp³-hybridized carbons (Fsp3) is 0.765. The quantitative estimate of drug-likeness (QED) is 0.0535. The maximum absolute atomic E-state index is 14.3. The average molecular weight is 1650 g/mol. The standard InChI is InChI=1S/C48H73ClN2O6.C45H65ClO6.C4H9NO.CH4/c1-30(2)40-34(52)26-48(37(53)29-51(25-24-50(10)11)28-31-12-14-32(49)15-13-31)23-22-46(8)33(41(40)48)16-17-36-45(7)20-19-38(57-39(54)27-43(3,4)42(55)56)44(5,6)35(45)18-21-47(36,46)9;1-27(2)37-31(47)25-45(34(48)12-10-11-28-13-15-29(46)16-14-28)24-23-43(8)30(38(37)45)17-18-33-42(7)21-20-35(52-36(49)26-40(3,4)39(50)51)41(5,6)32(42)19-22-44(33,43)9;1-5(2)3-4-6;/h12-15,30,33,35-38,53H,16-29H2,1-11H3,(H,55,56);13-16,27,30,32-35,48H,10-12,17-26H2,1-9H3,(H,50,51);4H,3H2,1-2H3;1H4/t33-,35+,36-,37+,38+,45+,46-,47-,48+;30-,32+,33-,34+,35+,42+,43-,44-,45+;;/m11../s1. The van der Waals surface area contributed by atoms with Crippen LogP contribution in [0.1, 0.15) is 284 Å². The number of carbonyl (C=O) groups excluding carboxylic acids is 5. The van der Waals surface area contributed by atoms with Crippen molar-refractivity contribution >= 4 is 64.9 Å². The molecule has 650 valence electrons. The summed E-state index contributed by atoms with van der Waals surface area (Å²) in [7, 11) is 7.88. The van der Waals surface area contributed by atoms with E-state index < -0.39 is 57.7 Å². The van der Waals surface area contributed by atoms with Crippen LogP contribution in [0.5, 0.6) is 0 Å². The average Bonchev–Trinajstić information content (AvgIpc) is 1.37. The van der Waals surface area contributed by atoms with Crippen molar-refractivity contribution in [2.75, 3.05) is 54.4 Å². The maximum Gasteiger partial charge on any atom is 0.309 e. The predicted octanol–water partition coefficient (Wildman–Crippen LogP) is 20.3. The molecule has 10 aliphatic rings. The zero-order valence-corrected chi connectivity index (χ0v) is 76.0. The third-order valence-corrected chi connectivity index (χ3v) is 34.4. The molecular weight excluding hydrogens is 1500 g/mol. The summed E-state index contributed by atoms with van der Waals surface area (Å²) in [5.41, 5.74) is 3.39. The zero-order valence-electron chi connectivity index (χ0n) is 74.5. The molecule has 0 unspecified atom stereocenters. The topological polar surface area (TPSA) is 229 Å². The normalized spacial score (nSPS) is 34.7. The van der Waals surface area contributed by atoms with Gasteiger partial charge in [-0.15, -0.1) is 0 Å². The Morgan fingerprint density at radius 1 is 0.517 bits per heavy atom. The minimum atomic E-state index is -1.17. The Hall–Kier alpha value is -4.81. The molecule has 8 fully saturated rings. The number of likely N-dealkylation sites (N-methyl/N-ethyl adjacent to an activating group) is 2. The number of aliphatic hydroxyl groups is 2. The first-order valence-corrected chi connectivity index (χ1v) is 44.8. The number of rotatable bonds is 25. The van der Waals surface area contributed by atoms with E-state index in [1.807, 2.05) is 43.3 Å². The zero-order chi connectivity index (χ0) is 85.3. The Balaban J connectivity index is 0.000000246. The predicted molar refractivity (Wildman–Crippen MR) is 464 cm³/mol. The molecule has 0 bridgehead atoms. The van der Waals surface area contributed by atoms with Crippen molar-refractivity contribution in [2.24, 2.45) is 112 Å². The molecule has 2 aromatic carbocycles. The van der Waals surface area contributed by atoms with Crippen LogP contribution in [0, 0.1) is 112 Å². The highest BCUT2D eigenvalue weighted by molar-refractivity contribution is 6.30. The van der Waals surface area contributed by atoms with Crippen LogP contribution < -0.4 is 0 Å². The van der Waals surface area contributed by atoms with Gasteiger partial charge in [-0.25, -0.2) is 0 Å². The molecule has 116 heavy (non-hydrogen) atoms. The van der Waals surface area contributed by atoms with Gasteiger partial charge in [0.1, 0.15) is 18.5 Å². The summed E-state index contributed by atoms with van der Waals surface area (Å²) < 4.78 is 12.4. The number of carboxylic acid groups (broad SMARTS) is 2. The van der Waals surface area contributed by atoms with Crippen molar-refractivity contribution in [1.29, 1.82) is 0 Å². The number of allylic oxidation sites excluding steroid dienone is 2. The number of aliphatic hydroxyl groups excluding tert-OH is 2. The minimum absolute atomic E-state index is 0. The van der Waals surface area contributed by atoms with Crippen molar-refractivity contribution in [3.63, 3.8) is 0 Å². The number of ketones is 2. The lowest BCUT2D eigenvalue weighted by Gasteiger charge is -2.72. The number of Topliss-reactive ketones (excluding diaryl/α,β-unsaturated/α-hetero) is 2. The highest BCUT2D eigenvalue weighted by Crippen LogP contribution is 2.80. The van der Waals surface area contributed by atoms with E-state index >= 15 is 0 Å². The second kappa shape index (κ2) is 35.2. The summed E-state index contributed by atoms with van der Waals surface area (Å²) in [6, 6.07) is 16.0. The first kappa shape index (κ1) is 95.0. The fourth-order valence-corrected chi connectivity index (χ4v) is 27.5. The molecule has 0 heterocycles. The summed E-state index contributed by atoms with van der Waals surface area (Å²) in [6.45, 7) is 42.8. The van der Waals surface area contributed by atoms with E-state index in [0.29, 0.717) is 67.6 Å². The molecule has 0 aliphatic heterocycles. The monoisotopic (exact) mass is 1650 g/mol. The van der Waals surface area contributed by atoms with Gasteiger partial charge in [-0.2, -0.15) is 0 Å². The van der Waals surface area contributed by atoms with Crippen LogP contribution in [-0.2, 0) is 56.0 Å². The second-order valence-electron chi connectivity index (χ2n) is 43.3. The molecule has 0 amide bonds. The molecule has 2 aromatic rings. The van der Waals surface area contributed by atoms with Crippen molar-refractivity contribution in [3.05, 3.63) is 92.0 Å². The van der Waals surface area contributed by atoms with E-state index in [1.54, 1.807) is 27.7 Å². The molecule has 18 atom stereocenters. The largest absolute Gasteiger partial charge is 0.481 e. The van der Waals surface area contributed by atoms with Crippen LogP contribution in [0.3, 0.4) is 0 Å². The number of hydrogen-bond acceptors (Lipinski definition) is 14. The molecule has 16 nitrogen and oxygen atoms in total. The van der Waals surface area contributed by atoms with Crippen LogP contribution >= 0.6 is 23.2 Å². The molecule has 0 spiro atoms. The molecule has 0 aromatic heterocycles. The second-order valence-corrected chi connectivity index (χ2v) is 44.1. The van der Waals surface area contributed by atoms with Crippen LogP contribution in [0.2, 0.25) is 10.0 Å². The molecule has 12 rings (SSSR count). The van der Waals surface area contributed by atoms with Gasteiger partial charge in [0.2, 0.25) is 0 Å². The lowest BCUT2D eigenvalue weighted by molar-refractivity contribution is -0.235. The SMILES string of the molecule is C.CC(C)C1=C2[C@H]3CC[C@@H]4[C@@]5(C)CC[C@H](OC(=O)CC(C)(C)C(=O)O)C(C)(C)[C@@H]5CC[C@@]4(C)[C@]3(C)CC[C@@]2([C@@H](O)CCCc2ccc(Cl)cc2)CC1=O.CC(C)C1=C2[C@H]3CC[C@@H]4[C@@]5(C)CC[C@H](OC(=O)CC(C)(C)C(=O)O)C(C)(C)[C@@H]5CC[C@@]4(C)[C@]3(C)CC[C@@]2([C@@H](O)CN(CCN(C)C)Cc2ccc(Cl)cc2)CC1=O.CN(C)CC=O. The van der Waals surface area contributed by atoms with E-state index in [0.717, 1.165) is 157 Å². The number of hydrogen-bond donors (Lipinski definition) is 4. The maximum atomic E-state index is 14.3. The summed E-state index contributed by atoms with van der Waals surface area (Å²) in [5.74, 6) is 0.142. The van der Waals surface area contributed by atoms with E-state index in [9.17, 15) is 54.0 Å². The van der Waals surface area contributed by atoms with Gasteiger partial charge >= 0.3 is 23.9 Å². The first-order valence-electron chi connectivity index (χ1n) is 44.1. The number of carboxylic acids is 2. The number of aldehydes is 1. The number of aliphatic carboxylic acids is 2. The van der Waals surface area contributed by atoms with E-state index in [2.05, 4.69) is 145 Å². The van der Waals surface area contributed by atoms with Gasteiger partial charge in [0.25, 0.3) is 0 Å². The van der Waals surface area contributed by atoms with Crippen LogP contribution in [0.25, 0.3) is 0 Å². The molecule has 0 saturated heterocycles. The van der Waals surface area contributed by atoms with Crippen LogP contribution in [-0.4, -0.2) is 156 Å². The number of nitrogens with zero attached hydrogens (tertiary/aromatic N) is 3. The molecule has 8 saturated carbocycles. The Labute approximate surface area is 708 Å². The molecular formula is C98H151Cl2N3O13. The first-order chi connectivity index (χ1) is 53.3. The number of fused-ring (bicyclic) bond motifs is 14. The summed E-state index contributed by atoms with van der Waals surface area (Å²) in [6.07, 6.45) is 17.9. The smallest absolute Gasteiger partial charge is 0.309 e. The van der Waals surface area contributed by atoms with Gasteiger partial charge in [0, 0.05) is 70.7 Å². The number of ether oxygens (including phenoxy) is 2. The Bertz CT molecular complexity index is 3970. The van der Waals surface area contributed by atoms with Gasteiger partial charge in [-0.3, -0.25) is 33.7 Å². The van der Waals surface area contributed by atoms with Crippen molar-refractivity contribution in [2.45, 2.75) is 311 Å². The third kappa shape index (κ3) is 17.4. The van der Waals surface area contributed by atoms with E-state index in [-0.39, 0.29) is 111 Å². The summed E-state index contributed by atoms with van der Waals surface area (Å²) >= 11 is 12.4. The van der Waals surface area contributed by atoms with Gasteiger partial charge in [0.05, 0.1) is 42.4 Å². The Kier molecular flexibility index (Phi) is 28.8. The number of carbonyl (C=O) groups is 7. The van der Waals surface area contributed by atoms with Gasteiger partial charge in [0.15, 0.2) is 11.6 Å². The lowest BCUT2D eigenvalue weighted by Crippen LogP contribution is -2.66. The lowest BCUT2D eigenvalue weighted by atomic mass is 9.33. The van der Waals surface area contributed by atoms with E-state index in [4.69, 9.17) is 32.7 Å². The van der Waals surface area contributed by atoms with Crippen molar-refractivity contribution in [1.82, 2.24) is 14.7 Å². The number of benzene rings is 2. The molecule has 18 heteroatoms. The molecule has 0 radical (unpaired) electrons. The molecule has 10 aliphatic carbocycles. The number of aryl methyl sites for hydroxylation is 1. The summed E-state index contributed by atoms with van der Waals surface area (Å²) in [5, 5.41) is 45.6. The number of halogens is 2. The highest BCUT2D eigenvalue weighted by atomic mass is 35.5. The van der Waals surface area contributed by atoms with E-state index in [1.165, 1.54) is 16.7 Å². The highest BCUT2D eigenvalue weighted by Gasteiger charge is 2.73. The number of esters is 2. The molecule has 4 N–H and O–H groups in total.